The van der Waals surface area contributed by atoms with Crippen LogP contribution in [-0.2, 0) is 4.79 Å². The van der Waals surface area contributed by atoms with Crippen LogP contribution in [0.1, 0.15) is 24.8 Å². The van der Waals surface area contributed by atoms with Crippen LogP contribution >= 0.6 is 0 Å². The summed E-state index contributed by atoms with van der Waals surface area (Å²) in [5, 5.41) is 4.37. The summed E-state index contributed by atoms with van der Waals surface area (Å²) in [5.74, 6) is 1.77. The molecule has 2 aromatic heterocycles. The van der Waals surface area contributed by atoms with E-state index in [0.29, 0.717) is 29.8 Å². The Morgan fingerprint density at radius 1 is 1.16 bits per heavy atom. The van der Waals surface area contributed by atoms with Crippen LogP contribution in [0.5, 0.6) is 0 Å². The van der Waals surface area contributed by atoms with Crippen LogP contribution in [-0.4, -0.2) is 46.7 Å². The van der Waals surface area contributed by atoms with Crippen LogP contribution in [0, 0.1) is 18.8 Å². The molecule has 3 heterocycles. The number of carbonyl (C=O) groups excluding carboxylic acids is 1. The zero-order valence-electron chi connectivity index (χ0n) is 18.1. The van der Waals surface area contributed by atoms with Crippen molar-refractivity contribution in [2.45, 2.75) is 38.4 Å². The number of hydrogen-bond donors (Lipinski definition) is 1. The van der Waals surface area contributed by atoms with Gasteiger partial charge in [-0.2, -0.15) is 4.98 Å². The number of halogens is 1. The number of nitrogens with one attached hydrogen (secondary N) is 1. The van der Waals surface area contributed by atoms with Crippen LogP contribution in [0.2, 0.25) is 0 Å². The second kappa shape index (κ2) is 7.12. The van der Waals surface area contributed by atoms with Gasteiger partial charge in [-0.05, 0) is 61.8 Å². The maximum Gasteiger partial charge on any atom is 0.246 e. The van der Waals surface area contributed by atoms with Crippen molar-refractivity contribution in [1.82, 2.24) is 15.0 Å². The van der Waals surface area contributed by atoms with E-state index in [1.807, 2.05) is 36.1 Å². The van der Waals surface area contributed by atoms with E-state index in [4.69, 9.17) is 4.98 Å². The summed E-state index contributed by atoms with van der Waals surface area (Å²) in [6, 6.07) is 8.01. The van der Waals surface area contributed by atoms with Crippen molar-refractivity contribution in [3.63, 3.8) is 0 Å². The Morgan fingerprint density at radius 2 is 2.00 bits per heavy atom. The van der Waals surface area contributed by atoms with Crippen molar-refractivity contribution in [3.8, 4) is 0 Å². The minimum Gasteiger partial charge on any atom is -0.342 e. The van der Waals surface area contributed by atoms with E-state index < -0.39 is 6.17 Å². The number of likely N-dealkylation sites (N-methyl/N-ethyl adjacent to an activating group) is 1. The van der Waals surface area contributed by atoms with E-state index in [-0.39, 0.29) is 24.4 Å². The highest BCUT2D eigenvalue weighted by atomic mass is 19.1. The van der Waals surface area contributed by atoms with E-state index in [1.54, 1.807) is 24.3 Å². The topological polar surface area (TPSA) is 74.2 Å². The van der Waals surface area contributed by atoms with Crippen molar-refractivity contribution in [2.24, 2.45) is 11.8 Å². The fourth-order valence-electron chi connectivity index (χ4n) is 5.41. The maximum absolute atomic E-state index is 14.5. The van der Waals surface area contributed by atoms with Crippen LogP contribution in [0.3, 0.4) is 0 Å². The molecule has 4 aliphatic rings. The van der Waals surface area contributed by atoms with E-state index in [1.165, 1.54) is 0 Å². The molecule has 1 unspecified atom stereocenters. The summed E-state index contributed by atoms with van der Waals surface area (Å²) in [5.41, 5.74) is 3.54. The molecule has 0 radical (unpaired) electrons. The van der Waals surface area contributed by atoms with Gasteiger partial charge in [0.25, 0.3) is 0 Å². The molecule has 0 spiro atoms. The number of pyridine rings is 1. The summed E-state index contributed by atoms with van der Waals surface area (Å²) in [6.07, 6.45) is 4.95. The zero-order valence-corrected chi connectivity index (χ0v) is 18.1. The Morgan fingerprint density at radius 3 is 2.81 bits per heavy atom. The summed E-state index contributed by atoms with van der Waals surface area (Å²) in [4.78, 5) is 30.0. The first kappa shape index (κ1) is 19.4. The lowest BCUT2D eigenvalue weighted by Crippen LogP contribution is -2.58. The predicted molar refractivity (Wildman–Crippen MR) is 122 cm³/mol. The summed E-state index contributed by atoms with van der Waals surface area (Å²) in [6.45, 7) is 2.24. The van der Waals surface area contributed by atoms with Gasteiger partial charge < -0.3 is 15.1 Å². The fourth-order valence-corrected chi connectivity index (χ4v) is 5.41. The highest BCUT2D eigenvalue weighted by Gasteiger charge is 2.50. The molecular weight excluding hydrogens is 407 g/mol. The van der Waals surface area contributed by atoms with Gasteiger partial charge in [0, 0.05) is 30.4 Å². The number of aromatic nitrogens is 3. The normalized spacial score (nSPS) is 26.7. The first-order chi connectivity index (χ1) is 15.5. The molecule has 7 rings (SSSR count). The van der Waals surface area contributed by atoms with Gasteiger partial charge in [0.15, 0.2) is 5.82 Å². The lowest BCUT2D eigenvalue weighted by molar-refractivity contribution is -0.117. The lowest BCUT2D eigenvalue weighted by Gasteiger charge is -2.53. The van der Waals surface area contributed by atoms with E-state index >= 15 is 0 Å². The molecule has 2 bridgehead atoms. The van der Waals surface area contributed by atoms with Crippen molar-refractivity contribution in [3.05, 3.63) is 42.2 Å². The van der Waals surface area contributed by atoms with Crippen LogP contribution in [0.25, 0.3) is 10.9 Å². The number of amides is 1. The van der Waals surface area contributed by atoms with Gasteiger partial charge in [-0.25, -0.2) is 9.37 Å². The predicted octanol–water partition coefficient (Wildman–Crippen LogP) is 4.00. The Balaban J connectivity index is 1.37. The second-order valence-electron chi connectivity index (χ2n) is 9.28. The fraction of sp³-hybridized carbons (Fsp3) is 0.417. The summed E-state index contributed by atoms with van der Waals surface area (Å²) < 4.78 is 14.5. The molecular formula is C24H25FN6O. The number of alkyl halides is 1. The van der Waals surface area contributed by atoms with Gasteiger partial charge in [0.05, 0.1) is 18.3 Å². The smallest absolute Gasteiger partial charge is 0.246 e. The van der Waals surface area contributed by atoms with E-state index in [0.717, 1.165) is 35.0 Å². The van der Waals surface area contributed by atoms with Gasteiger partial charge >= 0.3 is 0 Å². The average Bonchev–Trinajstić information content (AvgIpc) is 2.75. The second-order valence-corrected chi connectivity index (χ2v) is 9.28. The monoisotopic (exact) mass is 432 g/mol. The molecule has 3 saturated carbocycles. The van der Waals surface area contributed by atoms with Crippen molar-refractivity contribution in [2.75, 3.05) is 28.7 Å². The highest BCUT2D eigenvalue weighted by molar-refractivity contribution is 6.02. The minimum atomic E-state index is -0.795. The summed E-state index contributed by atoms with van der Waals surface area (Å²) >= 11 is 0. The SMILES string of the molecule is Cc1cc2ncccc2cc1Nc1ncc2c(n1)N(C1C[C@H](F)C3CC1C3)CC(=O)N2C. The van der Waals surface area contributed by atoms with Crippen LogP contribution in [0.15, 0.2) is 36.7 Å². The molecule has 1 aliphatic heterocycles. The lowest BCUT2D eigenvalue weighted by atomic mass is 9.61. The maximum atomic E-state index is 14.5. The molecule has 7 nitrogen and oxygen atoms in total. The molecule has 3 fully saturated rings. The number of nitrogens with zero attached hydrogens (tertiary/aromatic N) is 5. The third-order valence-electron chi connectivity index (χ3n) is 7.39. The Bertz CT molecular complexity index is 1230. The van der Waals surface area contributed by atoms with Crippen molar-refractivity contribution in [1.29, 1.82) is 0 Å². The van der Waals surface area contributed by atoms with Crippen LogP contribution < -0.4 is 15.1 Å². The number of hydrogen-bond acceptors (Lipinski definition) is 6. The molecule has 1 N–H and O–H groups in total. The average molecular weight is 433 g/mol. The quantitative estimate of drug-likeness (QED) is 0.675. The number of benzene rings is 1. The van der Waals surface area contributed by atoms with Gasteiger partial charge in [-0.15, -0.1) is 0 Å². The van der Waals surface area contributed by atoms with Crippen LogP contribution in [0.4, 0.5) is 27.5 Å². The van der Waals surface area contributed by atoms with E-state index in [9.17, 15) is 9.18 Å². The number of carbonyl (C=O) groups is 1. The number of aryl methyl sites for hydroxylation is 1. The number of fused-ring (bicyclic) bond motifs is 4. The molecule has 3 aromatic rings. The molecule has 164 valence electrons. The first-order valence-electron chi connectivity index (χ1n) is 11.1. The minimum absolute atomic E-state index is 0.00243. The Kier molecular flexibility index (Phi) is 4.31. The molecule has 32 heavy (non-hydrogen) atoms. The molecule has 3 aliphatic carbocycles. The number of anilines is 4. The van der Waals surface area contributed by atoms with Gasteiger partial charge in [0.1, 0.15) is 11.9 Å². The Labute approximate surface area is 185 Å². The molecule has 0 saturated heterocycles. The van der Waals surface area contributed by atoms with Gasteiger partial charge in [0.2, 0.25) is 11.9 Å². The zero-order chi connectivity index (χ0) is 22.0. The van der Waals surface area contributed by atoms with Crippen molar-refractivity contribution >= 4 is 40.0 Å². The molecule has 1 amide bonds. The standard InChI is InChI=1S/C24H25FN6O/c1-13-6-19-14(4-3-5-26-19)9-18(13)28-24-27-11-21-23(29-24)31(12-22(32)30(21)2)20-10-17(25)15-7-16(20)8-15/h3-6,9,11,15-17,20H,7-8,10,12H2,1-2H3,(H,27,28,29)/t15?,16?,17-,20?/m0/s1. The van der Waals surface area contributed by atoms with Gasteiger partial charge in [-0.1, -0.05) is 6.07 Å². The molecule has 1 aromatic carbocycles. The number of rotatable bonds is 3. The largest absolute Gasteiger partial charge is 0.342 e. The van der Waals surface area contributed by atoms with Crippen molar-refractivity contribution < 1.29 is 9.18 Å². The third-order valence-corrected chi connectivity index (χ3v) is 7.39. The Hall–Kier alpha value is -3.29. The van der Waals surface area contributed by atoms with E-state index in [2.05, 4.69) is 15.3 Å². The highest BCUT2D eigenvalue weighted by Crippen LogP contribution is 2.50. The molecule has 8 heteroatoms. The summed E-state index contributed by atoms with van der Waals surface area (Å²) in [7, 11) is 1.74. The van der Waals surface area contributed by atoms with Gasteiger partial charge in [-0.3, -0.25) is 9.78 Å². The molecule has 2 atom stereocenters. The third kappa shape index (κ3) is 3.00. The first-order valence-corrected chi connectivity index (χ1v) is 11.1.